The number of aromatic amines is 1. The summed E-state index contributed by atoms with van der Waals surface area (Å²) < 4.78 is 45.8. The van der Waals surface area contributed by atoms with Crippen molar-refractivity contribution in [2.24, 2.45) is 0 Å². The molecule has 1 aromatic heterocycles. The highest BCUT2D eigenvalue weighted by atomic mass is 31.2. The van der Waals surface area contributed by atoms with Gasteiger partial charge in [0, 0.05) is 12.3 Å². The Morgan fingerprint density at radius 2 is 2.03 bits per heavy atom. The molecule has 3 rings (SSSR count). The maximum absolute atomic E-state index is 15.3. The molecule has 0 aliphatic carbocycles. The number of para-hydroxylation sites is 1. The van der Waals surface area contributed by atoms with Gasteiger partial charge in [0.25, 0.3) is 5.56 Å². The number of Topliss-reactive ketones (excluding diaryl/α,β-unsaturated/α-hetero) is 1. The molecule has 0 saturated carbocycles. The van der Waals surface area contributed by atoms with Gasteiger partial charge in [-0.2, -0.15) is 0 Å². The Bertz CT molecular complexity index is 1150. The molecular weight excluding hydrogens is 460 g/mol. The zero-order chi connectivity index (χ0) is 24.4. The highest BCUT2D eigenvalue weighted by molar-refractivity contribution is 7.52. The monoisotopic (exact) mass is 485 g/mol. The van der Waals surface area contributed by atoms with Crippen molar-refractivity contribution in [3.63, 3.8) is 0 Å². The molecule has 2 heterocycles. The van der Waals surface area contributed by atoms with Crippen LogP contribution >= 0.6 is 7.75 Å². The Kier molecular flexibility index (Phi) is 7.35. The lowest BCUT2D eigenvalue weighted by atomic mass is 9.98. The number of ether oxygens (including phenoxy) is 1. The number of halogens is 1. The number of carbonyl (C=O) groups is 1. The number of carbonyl (C=O) groups excluding carboxylic acids is 1. The Balaban J connectivity index is 1.80. The van der Waals surface area contributed by atoms with E-state index in [0.29, 0.717) is 0 Å². The van der Waals surface area contributed by atoms with Crippen LogP contribution in [-0.2, 0) is 18.6 Å². The molecule has 33 heavy (non-hydrogen) atoms. The second-order valence-electron chi connectivity index (χ2n) is 7.80. The van der Waals surface area contributed by atoms with E-state index in [4.69, 9.17) is 13.8 Å². The van der Waals surface area contributed by atoms with E-state index < -0.39 is 55.7 Å². The molecule has 180 valence electrons. The van der Waals surface area contributed by atoms with Gasteiger partial charge in [-0.25, -0.2) is 18.8 Å². The minimum Gasteiger partial charge on any atom is -0.413 e. The van der Waals surface area contributed by atoms with E-state index in [0.717, 1.165) is 23.8 Å². The zero-order valence-electron chi connectivity index (χ0n) is 18.1. The van der Waals surface area contributed by atoms with Gasteiger partial charge in [0.1, 0.15) is 23.7 Å². The molecular formula is C20H25FN3O8P. The molecule has 0 radical (unpaired) electrons. The van der Waals surface area contributed by atoms with Gasteiger partial charge in [-0.1, -0.05) is 18.2 Å². The number of nitrogens with zero attached hydrogens (tertiary/aromatic N) is 1. The van der Waals surface area contributed by atoms with Crippen molar-refractivity contribution in [3.05, 3.63) is 63.4 Å². The van der Waals surface area contributed by atoms with Crippen LogP contribution in [0.2, 0.25) is 0 Å². The van der Waals surface area contributed by atoms with Crippen molar-refractivity contribution >= 4 is 13.5 Å². The number of hydrogen-bond donors (Lipinski definition) is 3. The first kappa shape index (κ1) is 25.0. The summed E-state index contributed by atoms with van der Waals surface area (Å²) in [5.41, 5.74) is -4.07. The number of hydrogen-bond acceptors (Lipinski definition) is 8. The molecule has 2 aromatic rings. The second-order valence-corrected chi connectivity index (χ2v) is 9.49. The van der Waals surface area contributed by atoms with Crippen LogP contribution in [0, 0.1) is 0 Å². The van der Waals surface area contributed by atoms with Crippen LogP contribution in [0.5, 0.6) is 5.75 Å². The maximum atomic E-state index is 15.3. The van der Waals surface area contributed by atoms with Gasteiger partial charge >= 0.3 is 13.4 Å². The van der Waals surface area contributed by atoms with E-state index in [2.05, 4.69) is 5.09 Å². The number of alkyl halides is 1. The molecule has 1 fully saturated rings. The highest BCUT2D eigenvalue weighted by Crippen LogP contribution is 2.47. The molecule has 0 bridgehead atoms. The van der Waals surface area contributed by atoms with Crippen molar-refractivity contribution in [2.75, 3.05) is 6.61 Å². The topological polar surface area (TPSA) is 149 Å². The van der Waals surface area contributed by atoms with Gasteiger partial charge in [-0.3, -0.25) is 23.7 Å². The van der Waals surface area contributed by atoms with Gasteiger partial charge in [-0.05, 0) is 32.9 Å². The Hall–Kier alpha value is -2.63. The first-order chi connectivity index (χ1) is 15.4. The molecule has 1 aliphatic heterocycles. The standard InChI is InChI=1S/C20H25FN3O8P/c1-12(13(2)25)23-33(29,32-14-7-5-4-6-8-14)30-11-15-17(27)20(3,21)18(31-15)24-10-9-16(26)22-19(24)28/h4-10,12,15,17-18,27H,11H2,1-3H3,(H,23,29)(H,22,26,28)/t12-,15+,17+,18+,20+,33-/m0/s1. The summed E-state index contributed by atoms with van der Waals surface area (Å²) in [5, 5.41) is 13.0. The van der Waals surface area contributed by atoms with Gasteiger partial charge in [-0.15, -0.1) is 0 Å². The normalized spacial score (nSPS) is 27.6. The molecule has 6 atom stereocenters. The molecule has 3 N–H and O–H groups in total. The van der Waals surface area contributed by atoms with Crippen molar-refractivity contribution in [1.82, 2.24) is 14.6 Å². The predicted octanol–water partition coefficient (Wildman–Crippen LogP) is 1.29. The predicted molar refractivity (Wildman–Crippen MR) is 115 cm³/mol. The van der Waals surface area contributed by atoms with Crippen molar-refractivity contribution < 1.29 is 32.6 Å². The van der Waals surface area contributed by atoms with Crippen LogP contribution in [0.3, 0.4) is 0 Å². The third kappa shape index (κ3) is 5.66. The van der Waals surface area contributed by atoms with Crippen LogP contribution in [0.25, 0.3) is 0 Å². The fourth-order valence-electron chi connectivity index (χ4n) is 3.17. The summed E-state index contributed by atoms with van der Waals surface area (Å²) in [4.78, 5) is 37.0. The summed E-state index contributed by atoms with van der Waals surface area (Å²) in [6.07, 6.45) is -3.69. The Labute approximate surface area is 188 Å². The van der Waals surface area contributed by atoms with E-state index in [1.165, 1.54) is 26.0 Å². The first-order valence-electron chi connectivity index (χ1n) is 10.0. The quantitative estimate of drug-likeness (QED) is 0.447. The lowest BCUT2D eigenvalue weighted by molar-refractivity contribution is -0.118. The Morgan fingerprint density at radius 1 is 1.36 bits per heavy atom. The SMILES string of the molecule is CC(=O)[C@H](C)N[P@](=O)(OC[C@H]1O[C@@H](n2ccc(=O)[nH]c2=O)[C@](C)(F)[C@@H]1O)Oc1ccccc1. The molecule has 1 saturated heterocycles. The van der Waals surface area contributed by atoms with Crippen LogP contribution in [0.1, 0.15) is 27.0 Å². The maximum Gasteiger partial charge on any atom is 0.459 e. The van der Waals surface area contributed by atoms with Crippen molar-refractivity contribution in [1.29, 1.82) is 0 Å². The summed E-state index contributed by atoms with van der Waals surface area (Å²) in [6, 6.07) is 8.15. The minimum atomic E-state index is -4.18. The van der Waals surface area contributed by atoms with Crippen molar-refractivity contribution in [2.45, 2.75) is 50.9 Å². The molecule has 0 amide bonds. The summed E-state index contributed by atoms with van der Waals surface area (Å²) in [5.74, 6) is -0.147. The van der Waals surface area contributed by atoms with Crippen molar-refractivity contribution in [3.8, 4) is 5.75 Å². The fourth-order valence-corrected chi connectivity index (χ4v) is 4.75. The number of aliphatic hydroxyl groups is 1. The van der Waals surface area contributed by atoms with Gasteiger partial charge in [0.05, 0.1) is 12.6 Å². The summed E-state index contributed by atoms with van der Waals surface area (Å²) in [6.45, 7) is 3.17. The molecule has 13 heteroatoms. The molecule has 1 aliphatic rings. The number of H-pyrrole nitrogens is 1. The molecule has 1 aromatic carbocycles. The van der Waals surface area contributed by atoms with Gasteiger partial charge < -0.3 is 14.4 Å². The number of rotatable bonds is 9. The number of benzene rings is 1. The largest absolute Gasteiger partial charge is 0.459 e. The van der Waals surface area contributed by atoms with Crippen LogP contribution in [0.15, 0.2) is 52.2 Å². The van der Waals surface area contributed by atoms with E-state index in [1.54, 1.807) is 18.2 Å². The van der Waals surface area contributed by atoms with E-state index in [-0.39, 0.29) is 11.5 Å². The smallest absolute Gasteiger partial charge is 0.413 e. The lowest BCUT2D eigenvalue weighted by Gasteiger charge is -2.25. The third-order valence-electron chi connectivity index (χ3n) is 5.16. The number of aromatic nitrogens is 2. The fraction of sp³-hybridized carbons (Fsp3) is 0.450. The molecule has 0 unspecified atom stereocenters. The number of nitrogens with one attached hydrogen (secondary N) is 2. The first-order valence-corrected chi connectivity index (χ1v) is 11.6. The van der Waals surface area contributed by atoms with E-state index >= 15 is 4.39 Å². The number of aliphatic hydroxyl groups excluding tert-OH is 1. The Morgan fingerprint density at radius 3 is 2.64 bits per heavy atom. The minimum absolute atomic E-state index is 0.185. The number of ketones is 1. The molecule has 0 spiro atoms. The average molecular weight is 485 g/mol. The highest BCUT2D eigenvalue weighted by Gasteiger charge is 2.55. The van der Waals surface area contributed by atoms with E-state index in [9.17, 15) is 24.1 Å². The molecule has 11 nitrogen and oxygen atoms in total. The van der Waals surface area contributed by atoms with Crippen LogP contribution in [-0.4, -0.2) is 51.0 Å². The second kappa shape index (κ2) is 9.70. The summed E-state index contributed by atoms with van der Waals surface area (Å²) in [7, 11) is -4.18. The van der Waals surface area contributed by atoms with Gasteiger partial charge in [0.15, 0.2) is 11.9 Å². The zero-order valence-corrected chi connectivity index (χ0v) is 19.0. The lowest BCUT2D eigenvalue weighted by Crippen LogP contribution is -2.43. The average Bonchev–Trinajstić information content (AvgIpc) is 2.96. The van der Waals surface area contributed by atoms with Crippen LogP contribution in [0.4, 0.5) is 4.39 Å². The third-order valence-corrected chi connectivity index (χ3v) is 6.80. The van der Waals surface area contributed by atoms with Gasteiger partial charge in [0.2, 0.25) is 0 Å². The van der Waals surface area contributed by atoms with Crippen LogP contribution < -0.4 is 20.9 Å². The van der Waals surface area contributed by atoms with E-state index in [1.807, 2.05) is 4.98 Å². The summed E-state index contributed by atoms with van der Waals surface area (Å²) >= 11 is 0.